The first-order valence-electron chi connectivity index (χ1n) is 11.4. The lowest BCUT2D eigenvalue weighted by molar-refractivity contribution is 0.883. The molecule has 0 aliphatic rings. The van der Waals surface area contributed by atoms with Gasteiger partial charge in [0.2, 0.25) is 0 Å². The summed E-state index contributed by atoms with van der Waals surface area (Å²) in [5.74, 6) is 1.67. The van der Waals surface area contributed by atoms with Crippen LogP contribution < -0.4 is 5.56 Å². The minimum Gasteiger partial charge on any atom is -0.268 e. The Morgan fingerprint density at radius 3 is 2.11 bits per heavy atom. The van der Waals surface area contributed by atoms with Crippen molar-refractivity contribution in [1.82, 2.24) is 19.5 Å². The summed E-state index contributed by atoms with van der Waals surface area (Å²) < 4.78 is 1.61. The predicted octanol–water partition coefficient (Wildman–Crippen LogP) is 6.94. The van der Waals surface area contributed by atoms with Gasteiger partial charge in [0.1, 0.15) is 10.9 Å². The Labute approximate surface area is 216 Å². The third-order valence-corrected chi connectivity index (χ3v) is 7.18. The number of thioether (sulfide) groups is 1. The fraction of sp³-hybridized carbons (Fsp3) is 0.0345. The first kappa shape index (κ1) is 22.5. The van der Waals surface area contributed by atoms with Crippen molar-refractivity contribution in [3.8, 4) is 17.1 Å². The summed E-state index contributed by atoms with van der Waals surface area (Å²) >= 11 is 8.05. The molecule has 2 heterocycles. The Hall–Kier alpha value is -4.00. The van der Waals surface area contributed by atoms with E-state index in [1.54, 1.807) is 16.7 Å². The zero-order chi connectivity index (χ0) is 24.5. The van der Waals surface area contributed by atoms with Gasteiger partial charge >= 0.3 is 0 Å². The molecule has 6 aromatic rings. The molecule has 5 nitrogen and oxygen atoms in total. The third-order valence-electron chi connectivity index (χ3n) is 5.88. The molecule has 0 amide bonds. The molecular weight excluding hydrogens is 488 g/mol. The highest BCUT2D eigenvalue weighted by Gasteiger charge is 2.17. The Bertz CT molecular complexity index is 1790. The third kappa shape index (κ3) is 4.15. The fourth-order valence-corrected chi connectivity index (χ4v) is 5.32. The van der Waals surface area contributed by atoms with E-state index in [1.807, 2.05) is 91.0 Å². The zero-order valence-corrected chi connectivity index (χ0v) is 20.6. The van der Waals surface area contributed by atoms with Crippen LogP contribution >= 0.6 is 23.4 Å². The number of aromatic nitrogens is 4. The van der Waals surface area contributed by atoms with Crippen molar-refractivity contribution in [2.45, 2.75) is 10.8 Å². The van der Waals surface area contributed by atoms with Gasteiger partial charge in [-0.3, -0.25) is 9.36 Å². The Morgan fingerprint density at radius 1 is 0.694 bits per heavy atom. The standard InChI is InChI=1S/C29H19ClN4OS/c30-22-14-6-9-17-25(22)34-26(31-24-16-8-5-13-21(24)29(34)35)18-36-28-20-12-4-7-15-23(20)32-27(33-28)19-10-2-1-3-11-19/h1-17H,18H2. The molecule has 0 aliphatic carbocycles. The van der Waals surface area contributed by atoms with Crippen LogP contribution in [0.1, 0.15) is 5.82 Å². The molecule has 0 saturated carbocycles. The van der Waals surface area contributed by atoms with Gasteiger partial charge in [-0.05, 0) is 30.3 Å². The van der Waals surface area contributed by atoms with E-state index in [-0.39, 0.29) is 5.56 Å². The van der Waals surface area contributed by atoms with Crippen LogP contribution in [0.5, 0.6) is 0 Å². The van der Waals surface area contributed by atoms with E-state index in [0.717, 1.165) is 21.5 Å². The van der Waals surface area contributed by atoms with Crippen LogP contribution in [0.15, 0.2) is 113 Å². The van der Waals surface area contributed by atoms with Crippen molar-refractivity contribution < 1.29 is 0 Å². The lowest BCUT2D eigenvalue weighted by Gasteiger charge is -2.15. The van der Waals surface area contributed by atoms with Gasteiger partial charge in [0, 0.05) is 10.9 Å². The van der Waals surface area contributed by atoms with Gasteiger partial charge in [0.25, 0.3) is 5.56 Å². The van der Waals surface area contributed by atoms with Crippen molar-refractivity contribution in [1.29, 1.82) is 0 Å². The molecule has 0 aliphatic heterocycles. The topological polar surface area (TPSA) is 60.7 Å². The normalized spacial score (nSPS) is 11.2. The lowest BCUT2D eigenvalue weighted by Crippen LogP contribution is -2.23. The minimum absolute atomic E-state index is 0.151. The number of nitrogens with zero attached hydrogens (tertiary/aromatic N) is 4. The van der Waals surface area contributed by atoms with Crippen LogP contribution in [0.3, 0.4) is 0 Å². The molecule has 0 unspecified atom stereocenters. The van der Waals surface area contributed by atoms with E-state index < -0.39 is 0 Å². The van der Waals surface area contributed by atoms with Crippen molar-refractivity contribution in [2.24, 2.45) is 0 Å². The van der Waals surface area contributed by atoms with Crippen molar-refractivity contribution in [3.05, 3.63) is 124 Å². The van der Waals surface area contributed by atoms with Crippen LogP contribution in [0.25, 0.3) is 38.9 Å². The maximum absolute atomic E-state index is 13.6. The quantitative estimate of drug-likeness (QED) is 0.187. The monoisotopic (exact) mass is 506 g/mol. The first-order valence-corrected chi connectivity index (χ1v) is 12.8. The molecule has 4 aromatic carbocycles. The molecule has 2 aromatic heterocycles. The second-order valence-electron chi connectivity index (χ2n) is 8.16. The fourth-order valence-electron chi connectivity index (χ4n) is 4.16. The SMILES string of the molecule is O=c1c2ccccc2nc(CSc2nc(-c3ccccc3)nc3ccccc23)n1-c1ccccc1Cl. The highest BCUT2D eigenvalue weighted by Crippen LogP contribution is 2.31. The van der Waals surface area contributed by atoms with Crippen LogP contribution in [-0.4, -0.2) is 19.5 Å². The van der Waals surface area contributed by atoms with Gasteiger partial charge < -0.3 is 0 Å². The van der Waals surface area contributed by atoms with E-state index in [4.69, 9.17) is 26.6 Å². The molecule has 0 fully saturated rings. The Balaban J connectivity index is 1.49. The molecule has 0 saturated heterocycles. The van der Waals surface area contributed by atoms with E-state index in [1.165, 1.54) is 11.8 Å². The number of para-hydroxylation sites is 3. The number of fused-ring (bicyclic) bond motifs is 2. The van der Waals surface area contributed by atoms with Gasteiger partial charge in [-0.15, -0.1) is 0 Å². The molecule has 174 valence electrons. The molecule has 0 spiro atoms. The summed E-state index contributed by atoms with van der Waals surface area (Å²) in [6.45, 7) is 0. The van der Waals surface area contributed by atoms with E-state index in [9.17, 15) is 4.79 Å². The van der Waals surface area contributed by atoms with Crippen molar-refractivity contribution in [3.63, 3.8) is 0 Å². The van der Waals surface area contributed by atoms with E-state index >= 15 is 0 Å². The lowest BCUT2D eigenvalue weighted by atomic mass is 10.2. The second kappa shape index (κ2) is 9.57. The van der Waals surface area contributed by atoms with Crippen molar-refractivity contribution >= 4 is 45.2 Å². The van der Waals surface area contributed by atoms with Gasteiger partial charge in [0.15, 0.2) is 5.82 Å². The number of rotatable bonds is 5. The maximum Gasteiger partial charge on any atom is 0.266 e. The van der Waals surface area contributed by atoms with Crippen molar-refractivity contribution in [2.75, 3.05) is 0 Å². The molecule has 0 radical (unpaired) electrons. The summed E-state index contributed by atoms with van der Waals surface area (Å²) in [5.41, 5.74) is 2.92. The molecule has 0 atom stereocenters. The number of hydrogen-bond donors (Lipinski definition) is 0. The number of halogens is 1. The first-order chi connectivity index (χ1) is 17.7. The molecule has 0 bridgehead atoms. The van der Waals surface area contributed by atoms with E-state index in [0.29, 0.717) is 39.0 Å². The highest BCUT2D eigenvalue weighted by atomic mass is 35.5. The van der Waals surface area contributed by atoms with Crippen LogP contribution in [-0.2, 0) is 5.75 Å². The maximum atomic E-state index is 13.6. The van der Waals surface area contributed by atoms with Gasteiger partial charge in [0.05, 0.1) is 32.9 Å². The summed E-state index contributed by atoms with van der Waals surface area (Å²) in [4.78, 5) is 28.1. The predicted molar refractivity (Wildman–Crippen MR) is 147 cm³/mol. The van der Waals surface area contributed by atoms with Crippen LogP contribution in [0.2, 0.25) is 5.02 Å². The minimum atomic E-state index is -0.151. The van der Waals surface area contributed by atoms with Gasteiger partial charge in [-0.1, -0.05) is 96.2 Å². The number of benzene rings is 4. The van der Waals surface area contributed by atoms with Crippen LogP contribution in [0, 0.1) is 0 Å². The summed E-state index contributed by atoms with van der Waals surface area (Å²) in [6, 6.07) is 32.6. The summed E-state index contributed by atoms with van der Waals surface area (Å²) in [5, 5.41) is 2.81. The Morgan fingerprint density at radius 2 is 1.33 bits per heavy atom. The van der Waals surface area contributed by atoms with Crippen LogP contribution in [0.4, 0.5) is 0 Å². The zero-order valence-electron chi connectivity index (χ0n) is 19.0. The molecule has 36 heavy (non-hydrogen) atoms. The molecule has 7 heteroatoms. The van der Waals surface area contributed by atoms with Gasteiger partial charge in [-0.25, -0.2) is 15.0 Å². The van der Waals surface area contributed by atoms with Gasteiger partial charge in [-0.2, -0.15) is 0 Å². The Kier molecular flexibility index (Phi) is 5.97. The molecule has 0 N–H and O–H groups in total. The highest BCUT2D eigenvalue weighted by molar-refractivity contribution is 7.98. The number of hydrogen-bond acceptors (Lipinski definition) is 5. The second-order valence-corrected chi connectivity index (χ2v) is 9.53. The van der Waals surface area contributed by atoms with E-state index in [2.05, 4.69) is 0 Å². The largest absolute Gasteiger partial charge is 0.268 e. The summed E-state index contributed by atoms with van der Waals surface area (Å²) in [6.07, 6.45) is 0. The average molecular weight is 507 g/mol. The summed E-state index contributed by atoms with van der Waals surface area (Å²) in [7, 11) is 0. The molecular formula is C29H19ClN4OS. The smallest absolute Gasteiger partial charge is 0.266 e. The molecule has 6 rings (SSSR count). The average Bonchev–Trinajstić information content (AvgIpc) is 2.93.